The van der Waals surface area contributed by atoms with Gasteiger partial charge in [0.15, 0.2) is 0 Å². The Hall–Kier alpha value is -11.9. The van der Waals surface area contributed by atoms with Crippen molar-refractivity contribution >= 4 is 65.8 Å². The molecular weight excluding hydrogens is 1330 g/mol. The van der Waals surface area contributed by atoms with Gasteiger partial charge >= 0.3 is 20.1 Å². The molecule has 0 saturated heterocycles. The quantitative estimate of drug-likeness (QED) is 0.134. The standard InChI is InChI=1S/3C29H18NO.Ir/c3*1-2-8-20(9-3-1)21-10-6-11-22(18-21)23-16-17-30-27(19-23)26-14-7-13-25-24-12-4-5-15-28(24)31-29(25)26;/h3*1-13,15-19H;/q3*-1;+3. The van der Waals surface area contributed by atoms with Crippen LogP contribution in [0.1, 0.15) is 0 Å². The van der Waals surface area contributed by atoms with Crippen LogP contribution in [0.15, 0.2) is 341 Å². The molecule has 0 aliphatic carbocycles. The number of aromatic nitrogens is 3. The van der Waals surface area contributed by atoms with E-state index in [1.54, 1.807) is 0 Å². The molecule has 0 aliphatic rings. The Bertz CT molecular complexity index is 5160. The first-order valence-electron chi connectivity index (χ1n) is 30.9. The molecular formula is C87H54IrN3O3. The fraction of sp³-hybridized carbons (Fsp3) is 0. The van der Waals surface area contributed by atoms with Crippen molar-refractivity contribution in [3.8, 4) is 101 Å². The van der Waals surface area contributed by atoms with Crippen molar-refractivity contribution in [3.63, 3.8) is 0 Å². The molecule has 6 aromatic heterocycles. The molecule has 18 rings (SSSR count). The van der Waals surface area contributed by atoms with E-state index >= 15 is 0 Å². The van der Waals surface area contributed by atoms with E-state index in [9.17, 15) is 0 Å². The van der Waals surface area contributed by atoms with E-state index in [0.29, 0.717) is 0 Å². The van der Waals surface area contributed by atoms with Crippen molar-refractivity contribution in [2.75, 3.05) is 0 Å². The summed E-state index contributed by atoms with van der Waals surface area (Å²) in [7, 11) is 0. The largest absolute Gasteiger partial charge is 3.00 e. The van der Waals surface area contributed by atoms with Gasteiger partial charge in [-0.2, -0.15) is 0 Å². The minimum atomic E-state index is 0. The number of fused-ring (bicyclic) bond motifs is 9. The average molecular weight is 1380 g/mol. The first-order chi connectivity index (χ1) is 46.1. The van der Waals surface area contributed by atoms with Crippen LogP contribution in [-0.2, 0) is 20.1 Å². The van der Waals surface area contributed by atoms with Crippen molar-refractivity contribution in [1.82, 2.24) is 15.0 Å². The van der Waals surface area contributed by atoms with E-state index in [-0.39, 0.29) is 20.1 Å². The first kappa shape index (κ1) is 58.5. The van der Waals surface area contributed by atoms with Crippen LogP contribution in [0, 0.1) is 18.2 Å². The molecule has 94 heavy (non-hydrogen) atoms. The van der Waals surface area contributed by atoms with Gasteiger partial charge in [-0.25, -0.2) is 0 Å². The van der Waals surface area contributed by atoms with Gasteiger partial charge in [0.2, 0.25) is 0 Å². The molecule has 444 valence electrons. The number of para-hydroxylation sites is 3. The fourth-order valence-electron chi connectivity index (χ4n) is 12.4. The van der Waals surface area contributed by atoms with Crippen LogP contribution in [0.4, 0.5) is 0 Å². The Morgan fingerprint density at radius 2 is 0.457 bits per heavy atom. The van der Waals surface area contributed by atoms with Gasteiger partial charge in [-0.15, -0.1) is 54.6 Å². The van der Waals surface area contributed by atoms with Crippen LogP contribution in [0.2, 0.25) is 0 Å². The number of rotatable bonds is 9. The Morgan fingerprint density at radius 1 is 0.213 bits per heavy atom. The summed E-state index contributed by atoms with van der Waals surface area (Å²) < 4.78 is 18.6. The van der Waals surface area contributed by atoms with E-state index < -0.39 is 0 Å². The van der Waals surface area contributed by atoms with Crippen LogP contribution in [0.5, 0.6) is 0 Å². The monoisotopic (exact) mass is 1380 g/mol. The van der Waals surface area contributed by atoms with Crippen LogP contribution < -0.4 is 0 Å². The Morgan fingerprint density at radius 3 is 0.755 bits per heavy atom. The summed E-state index contributed by atoms with van der Waals surface area (Å²) in [5.41, 5.74) is 24.3. The Balaban J connectivity index is 0.000000116. The molecule has 0 atom stereocenters. The zero-order valence-corrected chi connectivity index (χ0v) is 53.0. The summed E-state index contributed by atoms with van der Waals surface area (Å²) >= 11 is 0. The maximum atomic E-state index is 6.19. The average Bonchev–Trinajstić information content (AvgIpc) is 1.63. The summed E-state index contributed by atoms with van der Waals surface area (Å²) in [4.78, 5) is 13.9. The van der Waals surface area contributed by atoms with Crippen molar-refractivity contribution in [2.45, 2.75) is 0 Å². The van der Waals surface area contributed by atoms with Crippen LogP contribution in [-0.4, -0.2) is 15.0 Å². The summed E-state index contributed by atoms with van der Waals surface area (Å²) in [5, 5.41) is 6.59. The second kappa shape index (κ2) is 26.2. The molecule has 0 saturated carbocycles. The third kappa shape index (κ3) is 11.7. The number of hydrogen-bond donors (Lipinski definition) is 0. The van der Waals surface area contributed by atoms with Crippen molar-refractivity contribution in [1.29, 1.82) is 0 Å². The van der Waals surface area contributed by atoms with Gasteiger partial charge in [0, 0.05) is 34.7 Å². The third-order valence-corrected chi connectivity index (χ3v) is 17.0. The summed E-state index contributed by atoms with van der Waals surface area (Å²) in [6.45, 7) is 0. The SMILES string of the molecule is [Ir+3].[c-]1ccc2c(oc3ccccc32)c1-c1cc(-c2cccc(-c3ccccc3)c2)ccn1.[c-]1ccc2c(oc3ccccc32)c1-c1cc(-c2cccc(-c3ccccc3)c2)ccn1.[c-]1ccc2c(oc3ccccc32)c1-c1cc(-c2cccc(-c3ccccc3)c2)ccn1. The van der Waals surface area contributed by atoms with E-state index in [4.69, 9.17) is 13.3 Å². The summed E-state index contributed by atoms with van der Waals surface area (Å²) in [6, 6.07) is 116. The van der Waals surface area contributed by atoms with Gasteiger partial charge in [0.1, 0.15) is 16.7 Å². The van der Waals surface area contributed by atoms with Gasteiger partial charge in [-0.1, -0.05) is 251 Å². The molecule has 0 radical (unpaired) electrons. The molecule has 0 N–H and O–H groups in total. The normalized spacial score (nSPS) is 11.1. The third-order valence-electron chi connectivity index (χ3n) is 17.0. The van der Waals surface area contributed by atoms with Gasteiger partial charge in [0.05, 0.1) is 16.7 Å². The van der Waals surface area contributed by atoms with Crippen molar-refractivity contribution in [2.24, 2.45) is 0 Å². The van der Waals surface area contributed by atoms with Crippen molar-refractivity contribution < 1.29 is 33.4 Å². The van der Waals surface area contributed by atoms with E-state index in [1.807, 2.05) is 128 Å². The number of hydrogen-bond acceptors (Lipinski definition) is 6. The van der Waals surface area contributed by atoms with Gasteiger partial charge in [0.25, 0.3) is 0 Å². The minimum absolute atomic E-state index is 0. The molecule has 0 bridgehead atoms. The van der Waals surface area contributed by atoms with Crippen LogP contribution in [0.25, 0.3) is 166 Å². The van der Waals surface area contributed by atoms with Crippen LogP contribution >= 0.6 is 0 Å². The van der Waals surface area contributed by atoms with Gasteiger partial charge in [-0.3, -0.25) is 0 Å². The number of nitrogens with zero attached hydrogens (tertiary/aromatic N) is 3. The maximum absolute atomic E-state index is 6.19. The van der Waals surface area contributed by atoms with Gasteiger partial charge in [-0.05, 0) is 138 Å². The zero-order chi connectivity index (χ0) is 61.9. The van der Waals surface area contributed by atoms with E-state index in [2.05, 4.69) is 233 Å². The van der Waals surface area contributed by atoms with Crippen LogP contribution in [0.3, 0.4) is 0 Å². The van der Waals surface area contributed by atoms with Crippen molar-refractivity contribution in [3.05, 3.63) is 346 Å². The van der Waals surface area contributed by atoms with Gasteiger partial charge < -0.3 is 28.2 Å². The number of furan rings is 3. The number of benzene rings is 12. The maximum Gasteiger partial charge on any atom is 3.00 e. The first-order valence-corrected chi connectivity index (χ1v) is 30.9. The molecule has 7 heteroatoms. The molecule has 6 heterocycles. The zero-order valence-electron chi connectivity index (χ0n) is 50.6. The Labute approximate surface area is 557 Å². The summed E-state index contributed by atoms with van der Waals surface area (Å²) in [6.07, 6.45) is 5.57. The topological polar surface area (TPSA) is 78.1 Å². The molecule has 12 aromatic carbocycles. The molecule has 0 aliphatic heterocycles. The molecule has 0 unspecified atom stereocenters. The summed E-state index contributed by atoms with van der Waals surface area (Å²) in [5.74, 6) is 0. The molecule has 0 fully saturated rings. The Kier molecular flexibility index (Phi) is 16.3. The van der Waals surface area contributed by atoms with E-state index in [1.165, 1.54) is 33.4 Å². The molecule has 6 nitrogen and oxygen atoms in total. The minimum Gasteiger partial charge on any atom is -0.501 e. The predicted octanol–water partition coefficient (Wildman–Crippen LogP) is 23.3. The van der Waals surface area contributed by atoms with E-state index in [0.717, 1.165) is 133 Å². The molecule has 0 amide bonds. The second-order valence-corrected chi connectivity index (χ2v) is 22.7. The predicted molar refractivity (Wildman–Crippen MR) is 380 cm³/mol. The smallest absolute Gasteiger partial charge is 0.501 e. The second-order valence-electron chi connectivity index (χ2n) is 22.7. The molecule has 0 spiro atoms. The molecule has 18 aromatic rings. The fourth-order valence-corrected chi connectivity index (χ4v) is 12.4. The number of pyridine rings is 3.